The van der Waals surface area contributed by atoms with Gasteiger partial charge in [-0.1, -0.05) is 116 Å². The van der Waals surface area contributed by atoms with Crippen molar-refractivity contribution in [1.29, 1.82) is 0 Å². The molecule has 2 fully saturated rings. The van der Waals surface area contributed by atoms with Crippen LogP contribution in [0.4, 0.5) is 10.5 Å². The highest BCUT2D eigenvalue weighted by Gasteiger charge is 2.50. The summed E-state index contributed by atoms with van der Waals surface area (Å²) in [5.41, 5.74) is 7.73. The Kier molecular flexibility index (Phi) is 12.4. The molecule has 12 nitrogen and oxygen atoms in total. The Labute approximate surface area is 362 Å². The molecule has 0 radical (unpaired) electrons. The number of carbonyl (C=O) groups excluding carboxylic acids is 3. The molecule has 0 saturated carbocycles. The van der Waals surface area contributed by atoms with E-state index in [1.165, 1.54) is 0 Å². The number of carbonyl (C=O) groups is 3. The summed E-state index contributed by atoms with van der Waals surface area (Å²) in [6.07, 6.45) is 4.32. The zero-order valence-electron chi connectivity index (χ0n) is 34.9. The molecular formula is C50H52N8O4. The van der Waals surface area contributed by atoms with Gasteiger partial charge in [-0.25, -0.2) is 9.80 Å². The molecule has 6 aromatic rings. The van der Waals surface area contributed by atoms with E-state index in [2.05, 4.69) is 52.0 Å². The van der Waals surface area contributed by atoms with Gasteiger partial charge in [0.1, 0.15) is 23.8 Å². The first kappa shape index (κ1) is 41.4. The summed E-state index contributed by atoms with van der Waals surface area (Å²) in [4.78, 5) is 45.3. The number of para-hydroxylation sites is 1. The van der Waals surface area contributed by atoms with Crippen LogP contribution in [0.3, 0.4) is 0 Å². The van der Waals surface area contributed by atoms with Gasteiger partial charge < -0.3 is 35.4 Å². The topological polar surface area (TPSA) is 125 Å². The second-order valence-corrected chi connectivity index (χ2v) is 15.8. The summed E-state index contributed by atoms with van der Waals surface area (Å²) in [5, 5.41) is 24.4. The molecule has 1 aromatic heterocycles. The van der Waals surface area contributed by atoms with Crippen molar-refractivity contribution in [3.63, 3.8) is 0 Å². The maximum absolute atomic E-state index is 14.8. The molecule has 3 heterocycles. The van der Waals surface area contributed by atoms with Crippen LogP contribution < -0.4 is 16.0 Å². The van der Waals surface area contributed by atoms with Gasteiger partial charge in [-0.3, -0.25) is 14.6 Å². The first-order chi connectivity index (χ1) is 30.2. The van der Waals surface area contributed by atoms with Crippen molar-refractivity contribution in [2.75, 3.05) is 31.5 Å². The van der Waals surface area contributed by atoms with Crippen molar-refractivity contribution in [2.24, 2.45) is 7.05 Å². The van der Waals surface area contributed by atoms with E-state index in [1.54, 1.807) is 35.2 Å². The molecule has 0 unspecified atom stereocenters. The molecule has 0 aliphatic carbocycles. The minimum Gasteiger partial charge on any atom is -0.508 e. The Balaban J connectivity index is 1.06. The second-order valence-electron chi connectivity index (χ2n) is 15.8. The van der Waals surface area contributed by atoms with Crippen molar-refractivity contribution in [2.45, 2.75) is 38.1 Å². The van der Waals surface area contributed by atoms with E-state index >= 15 is 0 Å². The van der Waals surface area contributed by atoms with Crippen LogP contribution in [-0.4, -0.2) is 85.7 Å². The molecule has 2 atom stereocenters. The maximum atomic E-state index is 14.8. The SMILES string of the molecule is C=CCN1CC(=O)N2[C@@H](Cc3ccc(O)cc3)C(=O)N(Cc3cccc4c(-c5ccc(NC(=O)NCCc6ccccc6)cc5)cn(C)c34)C[C@@H]2N1C(=C)NCc1ccccc1. The van der Waals surface area contributed by atoms with Gasteiger partial charge in [0.15, 0.2) is 0 Å². The fourth-order valence-corrected chi connectivity index (χ4v) is 8.66. The largest absolute Gasteiger partial charge is 0.508 e. The minimum atomic E-state index is -0.803. The summed E-state index contributed by atoms with van der Waals surface area (Å²) in [6.45, 7) is 10.5. The quantitative estimate of drug-likeness (QED) is 0.0822. The molecule has 12 heteroatoms. The highest BCUT2D eigenvalue weighted by molar-refractivity contribution is 5.99. The molecule has 316 valence electrons. The number of hydrogen-bond donors (Lipinski definition) is 4. The molecule has 2 aliphatic heterocycles. The Morgan fingerprint density at radius 3 is 2.26 bits per heavy atom. The van der Waals surface area contributed by atoms with Crippen LogP contribution in [0.1, 0.15) is 22.3 Å². The van der Waals surface area contributed by atoms with Crippen molar-refractivity contribution >= 4 is 34.4 Å². The summed E-state index contributed by atoms with van der Waals surface area (Å²) in [6, 6.07) is 39.8. The van der Waals surface area contributed by atoms with Gasteiger partial charge in [0, 0.05) is 62.5 Å². The third kappa shape index (κ3) is 9.05. The fraction of sp³-hybridized carbons (Fsp3) is 0.220. The van der Waals surface area contributed by atoms with Crippen molar-refractivity contribution in [3.05, 3.63) is 181 Å². The van der Waals surface area contributed by atoms with Crippen molar-refractivity contribution in [3.8, 4) is 16.9 Å². The third-order valence-electron chi connectivity index (χ3n) is 11.6. The first-order valence-electron chi connectivity index (χ1n) is 20.9. The number of aromatic hydroxyl groups is 1. The van der Waals surface area contributed by atoms with Gasteiger partial charge in [-0.05, 0) is 58.5 Å². The Bertz CT molecular complexity index is 2560. The monoisotopic (exact) mass is 828 g/mol. The molecule has 4 N–H and O–H groups in total. The summed E-state index contributed by atoms with van der Waals surface area (Å²) < 4.78 is 2.10. The number of phenolic OH excluding ortho intramolecular Hbond substituents is 1. The van der Waals surface area contributed by atoms with E-state index in [0.717, 1.165) is 50.7 Å². The maximum Gasteiger partial charge on any atom is 0.319 e. The van der Waals surface area contributed by atoms with Gasteiger partial charge in [-0.15, -0.1) is 6.58 Å². The number of urea groups is 1. The lowest BCUT2D eigenvalue weighted by Crippen LogP contribution is -2.75. The van der Waals surface area contributed by atoms with Gasteiger partial charge in [-0.2, -0.15) is 0 Å². The standard InChI is InChI=1S/C50H52N8O4/c1-4-28-56-34-47(60)57-45(29-37-18-24-42(59)25-19-37)49(61)55(33-46(57)58(56)35(2)52-30-38-14-9-6-10-15-38)31-40-16-11-17-43-44(32-54(3)48(40)43)39-20-22-41(23-21-39)53-50(62)51-27-26-36-12-7-5-8-13-36/h4-25,32,45-46,52,59H,1-2,26-31,33-34H2,3H3,(H2,51,53,62)/t45-,46-/m0/s1. The van der Waals surface area contributed by atoms with E-state index in [-0.39, 0.29) is 43.1 Å². The lowest BCUT2D eigenvalue weighted by Gasteiger charge is -2.56. The number of amides is 4. The summed E-state index contributed by atoms with van der Waals surface area (Å²) in [7, 11) is 2.01. The van der Waals surface area contributed by atoms with E-state index in [4.69, 9.17) is 0 Å². The Morgan fingerprint density at radius 2 is 1.55 bits per heavy atom. The normalized spacial score (nSPS) is 16.6. The van der Waals surface area contributed by atoms with Crippen LogP contribution in [0.25, 0.3) is 22.0 Å². The average Bonchev–Trinajstić information content (AvgIpc) is 3.62. The fourth-order valence-electron chi connectivity index (χ4n) is 8.66. The molecule has 8 rings (SSSR count). The molecular weight excluding hydrogens is 777 g/mol. The van der Waals surface area contributed by atoms with Gasteiger partial charge in [0.2, 0.25) is 11.8 Å². The molecule has 62 heavy (non-hydrogen) atoms. The Hall–Kier alpha value is -7.31. The van der Waals surface area contributed by atoms with E-state index in [9.17, 15) is 19.5 Å². The second kappa shape index (κ2) is 18.5. The number of aryl methyl sites for hydroxylation is 1. The number of nitrogens with zero attached hydrogens (tertiary/aromatic N) is 5. The van der Waals surface area contributed by atoms with Crippen molar-refractivity contribution < 1.29 is 19.5 Å². The molecule has 4 amide bonds. The summed E-state index contributed by atoms with van der Waals surface area (Å²) >= 11 is 0. The van der Waals surface area contributed by atoms with E-state index < -0.39 is 12.2 Å². The van der Waals surface area contributed by atoms with E-state index in [1.807, 2.05) is 113 Å². The lowest BCUT2D eigenvalue weighted by atomic mass is 9.97. The minimum absolute atomic E-state index is 0.0539. The number of aromatic nitrogens is 1. The van der Waals surface area contributed by atoms with Gasteiger partial charge in [0.25, 0.3) is 0 Å². The highest BCUT2D eigenvalue weighted by atomic mass is 16.3. The lowest BCUT2D eigenvalue weighted by molar-refractivity contribution is -0.194. The van der Waals surface area contributed by atoms with Crippen LogP contribution in [-0.2, 0) is 42.6 Å². The van der Waals surface area contributed by atoms with Crippen LogP contribution >= 0.6 is 0 Å². The van der Waals surface area contributed by atoms with Crippen LogP contribution in [0, 0.1) is 0 Å². The van der Waals surface area contributed by atoms with Crippen LogP contribution in [0.2, 0.25) is 0 Å². The number of nitrogens with one attached hydrogen (secondary N) is 3. The number of piperazine rings is 1. The highest BCUT2D eigenvalue weighted by Crippen LogP contribution is 2.35. The molecule has 2 aliphatic rings. The zero-order chi connectivity index (χ0) is 43.2. The van der Waals surface area contributed by atoms with Crippen LogP contribution in [0.15, 0.2) is 159 Å². The smallest absolute Gasteiger partial charge is 0.319 e. The number of anilines is 1. The molecule has 0 bridgehead atoms. The third-order valence-corrected chi connectivity index (χ3v) is 11.6. The number of rotatable bonds is 15. The Morgan fingerprint density at radius 1 is 0.839 bits per heavy atom. The predicted octanol–water partition coefficient (Wildman–Crippen LogP) is 7.00. The number of fused-ring (bicyclic) bond motifs is 2. The van der Waals surface area contributed by atoms with Gasteiger partial charge >= 0.3 is 6.03 Å². The zero-order valence-corrected chi connectivity index (χ0v) is 34.9. The predicted molar refractivity (Wildman–Crippen MR) is 243 cm³/mol. The first-order valence-corrected chi connectivity index (χ1v) is 20.9. The van der Waals surface area contributed by atoms with E-state index in [0.29, 0.717) is 37.7 Å². The summed E-state index contributed by atoms with van der Waals surface area (Å²) in [5.74, 6) is 0.431. The number of benzene rings is 5. The number of hydrazine groups is 1. The van der Waals surface area contributed by atoms with Crippen LogP contribution in [0.5, 0.6) is 5.75 Å². The number of phenols is 1. The molecule has 0 spiro atoms. The molecule has 5 aromatic carbocycles. The molecule has 2 saturated heterocycles. The number of hydrogen-bond acceptors (Lipinski definition) is 7. The van der Waals surface area contributed by atoms with Gasteiger partial charge in [0.05, 0.1) is 18.6 Å². The average molecular weight is 829 g/mol. The van der Waals surface area contributed by atoms with Crippen molar-refractivity contribution in [1.82, 2.24) is 35.0 Å².